The van der Waals surface area contributed by atoms with Gasteiger partial charge in [-0.1, -0.05) is 49.6 Å². The highest BCUT2D eigenvalue weighted by Crippen LogP contribution is 2.20. The van der Waals surface area contributed by atoms with Gasteiger partial charge in [-0.25, -0.2) is 0 Å². The fraction of sp³-hybridized carbons (Fsp3) is 0.588. The number of amides is 1. The van der Waals surface area contributed by atoms with Crippen LogP contribution in [0.1, 0.15) is 44.6 Å². The summed E-state index contributed by atoms with van der Waals surface area (Å²) in [4.78, 5) is 12.0. The average molecular weight is 290 g/mol. The van der Waals surface area contributed by atoms with E-state index in [-0.39, 0.29) is 19.1 Å². The Kier molecular flexibility index (Phi) is 5.76. The molecule has 4 nitrogen and oxygen atoms in total. The van der Waals surface area contributed by atoms with Gasteiger partial charge in [-0.15, -0.1) is 0 Å². The Hall–Kier alpha value is -1.39. The minimum Gasteiger partial charge on any atom is -0.394 e. The first-order valence-electron chi connectivity index (χ1n) is 7.85. The van der Waals surface area contributed by atoms with E-state index >= 15 is 0 Å². The van der Waals surface area contributed by atoms with Crippen molar-refractivity contribution >= 4 is 5.91 Å². The molecule has 0 radical (unpaired) electrons. The fourth-order valence-electron chi connectivity index (χ4n) is 2.86. The predicted molar refractivity (Wildman–Crippen MR) is 83.9 cm³/mol. The standard InChI is InChI=1S/C17H26N2O2/c1-17(13-20,14-8-4-2-5-9-14)18-12-16(21)19-15-10-6-3-7-11-15/h2,4-5,8-9,15,18,20H,3,6-7,10-13H2,1H3,(H,19,21). The summed E-state index contributed by atoms with van der Waals surface area (Å²) in [6, 6.07) is 10.1. The molecule has 1 amide bonds. The molecule has 0 aromatic heterocycles. The molecule has 2 rings (SSSR count). The first-order chi connectivity index (χ1) is 10.1. The van der Waals surface area contributed by atoms with Gasteiger partial charge in [-0.2, -0.15) is 0 Å². The zero-order valence-corrected chi connectivity index (χ0v) is 12.8. The van der Waals surface area contributed by atoms with Crippen LogP contribution in [-0.2, 0) is 10.3 Å². The van der Waals surface area contributed by atoms with E-state index in [9.17, 15) is 9.90 Å². The maximum atomic E-state index is 12.0. The summed E-state index contributed by atoms with van der Waals surface area (Å²) in [5.41, 5.74) is 0.392. The third-order valence-electron chi connectivity index (χ3n) is 4.34. The molecule has 0 spiro atoms. The van der Waals surface area contributed by atoms with Gasteiger partial charge in [0.2, 0.25) is 5.91 Å². The molecule has 1 saturated carbocycles. The van der Waals surface area contributed by atoms with Gasteiger partial charge in [-0.3, -0.25) is 10.1 Å². The molecule has 0 bridgehead atoms. The molecule has 3 N–H and O–H groups in total. The lowest BCUT2D eigenvalue weighted by molar-refractivity contribution is -0.121. The summed E-state index contributed by atoms with van der Waals surface area (Å²) < 4.78 is 0. The lowest BCUT2D eigenvalue weighted by Gasteiger charge is -2.30. The third kappa shape index (κ3) is 4.55. The van der Waals surface area contributed by atoms with Crippen LogP contribution in [-0.4, -0.2) is 30.2 Å². The summed E-state index contributed by atoms with van der Waals surface area (Å²) in [6.07, 6.45) is 5.86. The molecule has 116 valence electrons. The van der Waals surface area contributed by atoms with Crippen molar-refractivity contribution < 1.29 is 9.90 Å². The first kappa shape index (κ1) is 16.0. The van der Waals surface area contributed by atoms with Crippen LogP contribution in [0.3, 0.4) is 0 Å². The molecule has 4 heteroatoms. The van der Waals surface area contributed by atoms with Crippen molar-refractivity contribution in [3.8, 4) is 0 Å². The van der Waals surface area contributed by atoms with E-state index in [1.807, 2.05) is 37.3 Å². The van der Waals surface area contributed by atoms with Gasteiger partial charge in [0.05, 0.1) is 18.7 Å². The largest absolute Gasteiger partial charge is 0.394 e. The highest BCUT2D eigenvalue weighted by molar-refractivity contribution is 5.78. The second-order valence-corrected chi connectivity index (χ2v) is 6.11. The molecule has 1 aliphatic carbocycles. The summed E-state index contributed by atoms with van der Waals surface area (Å²) in [6.45, 7) is 2.09. The second-order valence-electron chi connectivity index (χ2n) is 6.11. The van der Waals surface area contributed by atoms with E-state index in [0.29, 0.717) is 6.04 Å². The zero-order chi connectivity index (χ0) is 15.1. The first-order valence-corrected chi connectivity index (χ1v) is 7.85. The molecule has 21 heavy (non-hydrogen) atoms. The van der Waals surface area contributed by atoms with E-state index < -0.39 is 5.54 Å². The normalized spacial score (nSPS) is 19.0. The van der Waals surface area contributed by atoms with Gasteiger partial charge in [0.1, 0.15) is 0 Å². The number of nitrogens with one attached hydrogen (secondary N) is 2. The molecule has 1 atom stereocenters. The number of benzene rings is 1. The lowest BCUT2D eigenvalue weighted by atomic mass is 9.93. The molecule has 1 aliphatic rings. The summed E-state index contributed by atoms with van der Waals surface area (Å²) in [5.74, 6) is 0.0116. The lowest BCUT2D eigenvalue weighted by Crippen LogP contribution is -2.49. The highest BCUT2D eigenvalue weighted by Gasteiger charge is 2.26. The number of carbonyl (C=O) groups is 1. The van der Waals surface area contributed by atoms with Crippen LogP contribution < -0.4 is 10.6 Å². The topological polar surface area (TPSA) is 61.4 Å². The number of aliphatic hydroxyl groups is 1. The Bertz CT molecular complexity index is 443. The summed E-state index contributed by atoms with van der Waals surface area (Å²) in [5, 5.41) is 16.0. The Morgan fingerprint density at radius 3 is 2.52 bits per heavy atom. The van der Waals surface area contributed by atoms with E-state index in [0.717, 1.165) is 18.4 Å². The van der Waals surface area contributed by atoms with Crippen molar-refractivity contribution in [3.63, 3.8) is 0 Å². The molecule has 0 heterocycles. The van der Waals surface area contributed by atoms with Crippen LogP contribution in [0.5, 0.6) is 0 Å². The van der Waals surface area contributed by atoms with Crippen molar-refractivity contribution in [1.82, 2.24) is 10.6 Å². The van der Waals surface area contributed by atoms with Crippen molar-refractivity contribution in [1.29, 1.82) is 0 Å². The van der Waals surface area contributed by atoms with Gasteiger partial charge in [0.15, 0.2) is 0 Å². The minimum atomic E-state index is -0.592. The third-order valence-corrected chi connectivity index (χ3v) is 4.34. The summed E-state index contributed by atoms with van der Waals surface area (Å²) in [7, 11) is 0. The zero-order valence-electron chi connectivity index (χ0n) is 12.8. The Morgan fingerprint density at radius 2 is 1.90 bits per heavy atom. The SMILES string of the molecule is CC(CO)(NCC(=O)NC1CCCCC1)c1ccccc1. The van der Waals surface area contributed by atoms with Crippen LogP contribution in [0.15, 0.2) is 30.3 Å². The minimum absolute atomic E-state index is 0.0116. The number of rotatable bonds is 6. The number of hydrogen-bond donors (Lipinski definition) is 3. The van der Waals surface area contributed by atoms with E-state index in [2.05, 4.69) is 10.6 Å². The molecule has 1 unspecified atom stereocenters. The Balaban J connectivity index is 1.86. The monoisotopic (exact) mass is 290 g/mol. The maximum Gasteiger partial charge on any atom is 0.234 e. The van der Waals surface area contributed by atoms with Crippen LogP contribution in [0.2, 0.25) is 0 Å². The van der Waals surface area contributed by atoms with Gasteiger partial charge in [0.25, 0.3) is 0 Å². The molecular formula is C17H26N2O2. The van der Waals surface area contributed by atoms with Crippen LogP contribution >= 0.6 is 0 Å². The van der Waals surface area contributed by atoms with Crippen LogP contribution in [0, 0.1) is 0 Å². The second kappa shape index (κ2) is 7.57. The molecule has 0 saturated heterocycles. The maximum absolute atomic E-state index is 12.0. The predicted octanol–water partition coefficient (Wildman–Crippen LogP) is 1.93. The van der Waals surface area contributed by atoms with E-state index in [4.69, 9.17) is 0 Å². The average Bonchev–Trinajstić information content (AvgIpc) is 2.54. The highest BCUT2D eigenvalue weighted by atomic mass is 16.3. The molecule has 1 aromatic rings. The van der Waals surface area contributed by atoms with Crippen molar-refractivity contribution in [2.24, 2.45) is 0 Å². The van der Waals surface area contributed by atoms with Crippen LogP contribution in [0.25, 0.3) is 0 Å². The Labute approximate surface area is 126 Å². The van der Waals surface area contributed by atoms with Crippen molar-refractivity contribution in [3.05, 3.63) is 35.9 Å². The van der Waals surface area contributed by atoms with Gasteiger partial charge < -0.3 is 10.4 Å². The van der Waals surface area contributed by atoms with Gasteiger partial charge >= 0.3 is 0 Å². The molecule has 1 aromatic carbocycles. The van der Waals surface area contributed by atoms with E-state index in [1.165, 1.54) is 19.3 Å². The smallest absolute Gasteiger partial charge is 0.234 e. The number of aliphatic hydroxyl groups excluding tert-OH is 1. The van der Waals surface area contributed by atoms with Crippen LogP contribution in [0.4, 0.5) is 0 Å². The van der Waals surface area contributed by atoms with Gasteiger partial charge in [-0.05, 0) is 25.3 Å². The van der Waals surface area contributed by atoms with E-state index in [1.54, 1.807) is 0 Å². The quantitative estimate of drug-likeness (QED) is 0.750. The number of carbonyl (C=O) groups excluding carboxylic acids is 1. The summed E-state index contributed by atoms with van der Waals surface area (Å²) >= 11 is 0. The van der Waals surface area contributed by atoms with Gasteiger partial charge in [0, 0.05) is 6.04 Å². The molecular weight excluding hydrogens is 264 g/mol. The van der Waals surface area contributed by atoms with Crippen molar-refractivity contribution in [2.45, 2.75) is 50.6 Å². The molecule has 1 fully saturated rings. The number of hydrogen-bond acceptors (Lipinski definition) is 3. The Morgan fingerprint density at radius 1 is 1.24 bits per heavy atom. The molecule has 0 aliphatic heterocycles. The van der Waals surface area contributed by atoms with Crippen molar-refractivity contribution in [2.75, 3.05) is 13.2 Å². The fourth-order valence-corrected chi connectivity index (χ4v) is 2.86.